The van der Waals surface area contributed by atoms with Crippen LogP contribution in [-0.4, -0.2) is 6.88 Å². The van der Waals surface area contributed by atoms with E-state index in [9.17, 15) is 0 Å². The summed E-state index contributed by atoms with van der Waals surface area (Å²) in [4.78, 5) is 0. The molecule has 2 aliphatic carbocycles. The average Bonchev–Trinajstić information content (AvgIpc) is 3.95. The predicted octanol–water partition coefficient (Wildman–Crippen LogP) is 12.0. The minimum atomic E-state index is -4.25. The largest absolute Gasteiger partial charge is 0.147 e. The molecule has 2 unspecified atom stereocenters. The van der Waals surface area contributed by atoms with Crippen molar-refractivity contribution >= 4 is 55.0 Å². The quantitative estimate of drug-likeness (QED) is 0.149. The molecule has 0 saturated heterocycles. The number of halogens is 2. The predicted molar refractivity (Wildman–Crippen MR) is 241 cm³/mol. The zero-order valence-corrected chi connectivity index (χ0v) is 39.3. The van der Waals surface area contributed by atoms with E-state index in [1.807, 2.05) is 0 Å². The number of fused-ring (bicyclic) bond motifs is 2. The van der Waals surface area contributed by atoms with Gasteiger partial charge in [-0.3, -0.25) is 0 Å². The van der Waals surface area contributed by atoms with E-state index in [2.05, 4.69) is 155 Å². The van der Waals surface area contributed by atoms with Crippen molar-refractivity contribution in [1.29, 1.82) is 0 Å². The summed E-state index contributed by atoms with van der Waals surface area (Å²) in [6.07, 6.45) is 4.96. The summed E-state index contributed by atoms with van der Waals surface area (Å²) in [7, 11) is 0. The Morgan fingerprint density at radius 3 is 1.21 bits per heavy atom. The molecule has 2 aromatic heterocycles. The summed E-state index contributed by atoms with van der Waals surface area (Å²) in [5.41, 5.74) is 32.8. The van der Waals surface area contributed by atoms with Crippen LogP contribution in [0.15, 0.2) is 93.8 Å². The molecule has 290 valence electrons. The molecule has 0 radical (unpaired) electrons. The molecular formula is C48H54Cl2N2O2SiZr. The minimum Gasteiger partial charge on any atom is -0.147 e. The molecule has 6 aromatic rings. The molecule has 2 atom stereocenters. The number of benzene rings is 4. The van der Waals surface area contributed by atoms with E-state index in [0.717, 1.165) is 34.2 Å². The molecule has 0 fully saturated rings. The van der Waals surface area contributed by atoms with E-state index < -0.39 is 17.4 Å². The molecule has 0 bridgehead atoms. The standard InChI is InChI=1S/2C23H22NO.2CH3.2ClH.H2Si.Zr/c2*1-14-10-19-11-20(22-9-4-15(2)25-22)12-21(19)23(16(14)3)18-7-5-17(13-24)6-8-18;;;;;;/h2*4-12H,13,24H2,1-3H3;2*1H3;2*1H;1H2;. The first-order chi connectivity index (χ1) is 25.7. The molecule has 0 spiro atoms. The maximum atomic E-state index is 6.60. The molecule has 8 heteroatoms. The Morgan fingerprint density at radius 1 is 0.554 bits per heavy atom. The Balaban J connectivity index is 0.00000266. The first kappa shape index (κ1) is 42.1. The van der Waals surface area contributed by atoms with E-state index in [4.69, 9.17) is 20.3 Å². The molecule has 0 amide bonds. The molecule has 4 nitrogen and oxygen atoms in total. The van der Waals surface area contributed by atoms with Crippen molar-refractivity contribution in [3.63, 3.8) is 0 Å². The second kappa shape index (κ2) is 15.4. The summed E-state index contributed by atoms with van der Waals surface area (Å²) < 4.78 is 19.0. The third-order valence-corrected chi connectivity index (χ3v) is 29.8. The van der Waals surface area contributed by atoms with Crippen LogP contribution in [0.3, 0.4) is 0 Å². The van der Waals surface area contributed by atoms with Gasteiger partial charge in [0.25, 0.3) is 0 Å². The van der Waals surface area contributed by atoms with Crippen molar-refractivity contribution in [2.45, 2.75) is 71.1 Å². The molecule has 2 aliphatic rings. The topological polar surface area (TPSA) is 78.3 Å². The second-order valence-corrected chi connectivity index (χ2v) is 47.5. The van der Waals surface area contributed by atoms with Crippen molar-refractivity contribution in [2.75, 3.05) is 0 Å². The van der Waals surface area contributed by atoms with Crippen LogP contribution in [0.2, 0.25) is 9.26 Å². The number of nitrogens with two attached hydrogens (primary N) is 2. The van der Waals surface area contributed by atoms with Crippen molar-refractivity contribution in [1.82, 2.24) is 0 Å². The normalized spacial score (nSPS) is 16.1. The van der Waals surface area contributed by atoms with E-state index in [1.54, 1.807) is 0 Å². The van der Waals surface area contributed by atoms with Crippen molar-refractivity contribution in [3.8, 4) is 22.3 Å². The first-order valence-corrected chi connectivity index (χ1v) is 32.9. The number of hydrogen-bond donors (Lipinski definition) is 2. The summed E-state index contributed by atoms with van der Waals surface area (Å²) in [6, 6.07) is 31.3. The summed E-state index contributed by atoms with van der Waals surface area (Å²) >= 11 is -4.25. The van der Waals surface area contributed by atoms with Gasteiger partial charge in [0.2, 0.25) is 0 Å². The zero-order valence-electron chi connectivity index (χ0n) is 33.8. The Labute approximate surface area is 347 Å². The van der Waals surface area contributed by atoms with Crippen LogP contribution in [-0.2, 0) is 30.5 Å². The second-order valence-electron chi connectivity index (χ2n) is 17.0. The van der Waals surface area contributed by atoms with Crippen molar-refractivity contribution < 1.29 is 26.2 Å². The zero-order chi connectivity index (χ0) is 38.3. The fourth-order valence-corrected chi connectivity index (χ4v) is 28.1. The number of rotatable bonds is 8. The smallest absolute Gasteiger partial charge is 0.147 e. The molecule has 0 aliphatic heterocycles. The number of furan rings is 2. The van der Waals surface area contributed by atoms with Gasteiger partial charge in [-0.25, -0.2) is 0 Å². The Kier molecular flexibility index (Phi) is 11.6. The van der Waals surface area contributed by atoms with E-state index in [1.165, 1.54) is 77.9 Å². The average molecular weight is 881 g/mol. The molecule has 2 heterocycles. The Hall–Kier alpha value is -3.48. The summed E-state index contributed by atoms with van der Waals surface area (Å²) in [5.74, 6) is 3.81. The van der Waals surface area contributed by atoms with Gasteiger partial charge in [-0.15, -0.1) is 24.8 Å². The fourth-order valence-electron chi connectivity index (χ4n) is 9.70. The van der Waals surface area contributed by atoms with E-state index >= 15 is 0 Å². The third-order valence-electron chi connectivity index (χ3n) is 12.6. The van der Waals surface area contributed by atoms with Crippen LogP contribution in [0, 0.1) is 41.5 Å². The Morgan fingerprint density at radius 2 is 0.911 bits per heavy atom. The van der Waals surface area contributed by atoms with Gasteiger partial charge in [0.15, 0.2) is 0 Å². The fraction of sp³-hybridized carbons (Fsp3) is 0.250. The third kappa shape index (κ3) is 6.85. The van der Waals surface area contributed by atoms with Gasteiger partial charge in [-0.2, -0.15) is 0 Å². The van der Waals surface area contributed by atoms with Gasteiger partial charge in [0.1, 0.15) is 0 Å². The number of allylic oxidation sites excluding steroid dienone is 2. The van der Waals surface area contributed by atoms with Crippen LogP contribution in [0.1, 0.15) is 85.9 Å². The maximum Gasteiger partial charge on any atom is -0.147 e. The van der Waals surface area contributed by atoms with Crippen molar-refractivity contribution in [3.05, 3.63) is 164 Å². The number of aryl methyl sites for hydroxylation is 4. The van der Waals surface area contributed by atoms with Crippen LogP contribution in [0.25, 0.3) is 45.6 Å². The van der Waals surface area contributed by atoms with Gasteiger partial charge in [-0.05, 0) is 0 Å². The summed E-state index contributed by atoms with van der Waals surface area (Å²) in [6.45, 7) is 16.6. The van der Waals surface area contributed by atoms with Gasteiger partial charge < -0.3 is 0 Å². The molecule has 0 saturated carbocycles. The van der Waals surface area contributed by atoms with Crippen molar-refractivity contribution in [2.24, 2.45) is 11.5 Å². The van der Waals surface area contributed by atoms with E-state index in [-0.39, 0.29) is 32.1 Å². The van der Waals surface area contributed by atoms with E-state index in [0.29, 0.717) is 13.1 Å². The molecule has 8 rings (SSSR count). The first-order valence-electron chi connectivity index (χ1n) is 19.2. The van der Waals surface area contributed by atoms with Gasteiger partial charge in [0, 0.05) is 0 Å². The molecule has 4 aromatic carbocycles. The molecule has 56 heavy (non-hydrogen) atoms. The van der Waals surface area contributed by atoms with Crippen LogP contribution in [0.5, 0.6) is 0 Å². The molecule has 4 N–H and O–H groups in total. The SMILES string of the molecule is Cc1ccc(C2=Cc3c(cc(C)c(C)c3-c3ccc(CN)cc3)[CH]2[Zr]([CH3])([CH3])(=[SiH2])[CH]2C(c3ccc(C)o3)=Cc3c2cc(C)c(C)c3-c2ccc(CN)cc2)o1.Cl.Cl. The van der Waals surface area contributed by atoms with Gasteiger partial charge in [0.05, 0.1) is 0 Å². The van der Waals surface area contributed by atoms with Gasteiger partial charge in [-0.1, -0.05) is 0 Å². The monoisotopic (exact) mass is 878 g/mol. The van der Waals surface area contributed by atoms with Crippen LogP contribution < -0.4 is 11.5 Å². The van der Waals surface area contributed by atoms with Gasteiger partial charge >= 0.3 is 325 Å². The molecular weight excluding hydrogens is 827 g/mol. The maximum absolute atomic E-state index is 6.60. The summed E-state index contributed by atoms with van der Waals surface area (Å²) in [5, 5.41) is 0. The van der Waals surface area contributed by atoms with Crippen LogP contribution >= 0.6 is 24.8 Å². The van der Waals surface area contributed by atoms with Crippen LogP contribution in [0.4, 0.5) is 0 Å². The number of hydrogen-bond acceptors (Lipinski definition) is 4. The minimum absolute atomic E-state index is 0. The Bertz CT molecular complexity index is 2450.